The minimum atomic E-state index is -1.26. The number of esters is 1. The van der Waals surface area contributed by atoms with Crippen LogP contribution < -0.4 is 0 Å². The Morgan fingerprint density at radius 2 is 1.61 bits per heavy atom. The Morgan fingerprint density at radius 3 is 2.26 bits per heavy atom. The summed E-state index contributed by atoms with van der Waals surface area (Å²) in [5.74, 6) is -0.313. The molecule has 1 heterocycles. The molecule has 23 heavy (non-hydrogen) atoms. The maximum atomic E-state index is 11.6. The molecule has 0 aromatic heterocycles. The van der Waals surface area contributed by atoms with Gasteiger partial charge in [-0.05, 0) is 6.42 Å². The van der Waals surface area contributed by atoms with Gasteiger partial charge in [0.15, 0.2) is 0 Å². The van der Waals surface area contributed by atoms with Crippen molar-refractivity contribution in [1.82, 2.24) is 0 Å². The predicted octanol–water partition coefficient (Wildman–Crippen LogP) is 1.54. The SMILES string of the molecule is CCCCCCCCCCC(=O)OC[C@H]1OC[C@@H](O)[C@@H](O)[C@@H]1O. The zero-order chi connectivity index (χ0) is 17.1. The number of hydrogen-bond donors (Lipinski definition) is 3. The summed E-state index contributed by atoms with van der Waals surface area (Å²) in [6.45, 7) is 2.03. The summed E-state index contributed by atoms with van der Waals surface area (Å²) >= 11 is 0. The van der Waals surface area contributed by atoms with Crippen molar-refractivity contribution in [2.24, 2.45) is 0 Å². The van der Waals surface area contributed by atoms with E-state index in [0.29, 0.717) is 6.42 Å². The van der Waals surface area contributed by atoms with Crippen molar-refractivity contribution in [3.8, 4) is 0 Å². The second-order valence-electron chi connectivity index (χ2n) is 6.33. The van der Waals surface area contributed by atoms with Crippen molar-refractivity contribution < 1.29 is 29.6 Å². The van der Waals surface area contributed by atoms with Crippen LogP contribution >= 0.6 is 0 Å². The molecule has 6 heteroatoms. The molecule has 6 nitrogen and oxygen atoms in total. The average molecular weight is 332 g/mol. The van der Waals surface area contributed by atoms with Gasteiger partial charge < -0.3 is 24.8 Å². The van der Waals surface area contributed by atoms with Crippen molar-refractivity contribution in [3.05, 3.63) is 0 Å². The fourth-order valence-electron chi connectivity index (χ4n) is 2.66. The zero-order valence-corrected chi connectivity index (χ0v) is 14.2. The van der Waals surface area contributed by atoms with Crippen LogP contribution in [0.5, 0.6) is 0 Å². The maximum Gasteiger partial charge on any atom is 0.305 e. The van der Waals surface area contributed by atoms with Crippen LogP contribution in [0, 0.1) is 0 Å². The largest absolute Gasteiger partial charge is 0.463 e. The van der Waals surface area contributed by atoms with E-state index in [-0.39, 0.29) is 19.2 Å². The van der Waals surface area contributed by atoms with Crippen LogP contribution in [-0.4, -0.2) is 58.9 Å². The van der Waals surface area contributed by atoms with Crippen molar-refractivity contribution in [3.63, 3.8) is 0 Å². The van der Waals surface area contributed by atoms with Crippen LogP contribution in [0.3, 0.4) is 0 Å². The van der Waals surface area contributed by atoms with Crippen LogP contribution in [0.25, 0.3) is 0 Å². The lowest BCUT2D eigenvalue weighted by Crippen LogP contribution is -2.54. The predicted molar refractivity (Wildman–Crippen MR) is 85.9 cm³/mol. The molecule has 0 amide bonds. The first-order valence-corrected chi connectivity index (χ1v) is 8.87. The van der Waals surface area contributed by atoms with E-state index in [2.05, 4.69) is 6.92 Å². The number of carbonyl (C=O) groups excluding carboxylic acids is 1. The van der Waals surface area contributed by atoms with Crippen LogP contribution in [0.15, 0.2) is 0 Å². The quantitative estimate of drug-likeness (QED) is 0.392. The zero-order valence-electron chi connectivity index (χ0n) is 14.2. The summed E-state index contributed by atoms with van der Waals surface area (Å²) < 4.78 is 10.3. The highest BCUT2D eigenvalue weighted by atomic mass is 16.6. The highest BCUT2D eigenvalue weighted by Gasteiger charge is 2.38. The highest BCUT2D eigenvalue weighted by molar-refractivity contribution is 5.69. The molecule has 0 radical (unpaired) electrons. The molecular formula is C17H32O6. The second kappa shape index (κ2) is 11.8. The number of hydrogen-bond acceptors (Lipinski definition) is 6. The molecular weight excluding hydrogens is 300 g/mol. The Bertz CT molecular complexity index is 322. The first-order valence-electron chi connectivity index (χ1n) is 8.87. The lowest BCUT2D eigenvalue weighted by atomic mass is 10.0. The fourth-order valence-corrected chi connectivity index (χ4v) is 2.66. The van der Waals surface area contributed by atoms with E-state index in [9.17, 15) is 20.1 Å². The normalized spacial score (nSPS) is 27.8. The number of ether oxygens (including phenoxy) is 2. The van der Waals surface area contributed by atoms with E-state index in [1.54, 1.807) is 0 Å². The highest BCUT2D eigenvalue weighted by Crippen LogP contribution is 2.16. The Labute approximate surface area is 138 Å². The van der Waals surface area contributed by atoms with Crippen LogP contribution in [-0.2, 0) is 14.3 Å². The Balaban J connectivity index is 2.02. The second-order valence-corrected chi connectivity index (χ2v) is 6.33. The van der Waals surface area contributed by atoms with E-state index < -0.39 is 24.4 Å². The first-order chi connectivity index (χ1) is 11.1. The van der Waals surface area contributed by atoms with Gasteiger partial charge in [0.25, 0.3) is 0 Å². The van der Waals surface area contributed by atoms with Gasteiger partial charge >= 0.3 is 5.97 Å². The lowest BCUT2D eigenvalue weighted by Gasteiger charge is -2.34. The smallest absolute Gasteiger partial charge is 0.305 e. The van der Waals surface area contributed by atoms with Crippen molar-refractivity contribution in [2.45, 2.75) is 89.1 Å². The number of aliphatic hydroxyl groups is 3. The first kappa shape index (κ1) is 20.4. The Kier molecular flexibility index (Phi) is 10.4. The molecule has 1 fully saturated rings. The van der Waals surface area contributed by atoms with E-state index in [4.69, 9.17) is 9.47 Å². The average Bonchev–Trinajstić information content (AvgIpc) is 2.54. The van der Waals surface area contributed by atoms with Gasteiger partial charge in [-0.25, -0.2) is 0 Å². The monoisotopic (exact) mass is 332 g/mol. The number of aliphatic hydroxyl groups excluding tert-OH is 3. The standard InChI is InChI=1S/C17H32O6/c1-2-3-4-5-6-7-8-9-10-15(19)23-12-14-17(21)16(20)13(18)11-22-14/h13-14,16-18,20-21H,2-12H2,1H3/t13-,14-,16-,17-/m1/s1. The Hall–Kier alpha value is -0.690. The van der Waals surface area contributed by atoms with Gasteiger partial charge in [-0.3, -0.25) is 4.79 Å². The van der Waals surface area contributed by atoms with Gasteiger partial charge in [0.1, 0.15) is 31.0 Å². The number of rotatable bonds is 11. The molecule has 3 N–H and O–H groups in total. The molecule has 0 aromatic rings. The third-order valence-corrected chi connectivity index (χ3v) is 4.25. The third-order valence-electron chi connectivity index (χ3n) is 4.25. The minimum Gasteiger partial charge on any atom is -0.463 e. The van der Waals surface area contributed by atoms with Crippen LogP contribution in [0.1, 0.15) is 64.7 Å². The number of unbranched alkanes of at least 4 members (excludes halogenated alkanes) is 7. The Morgan fingerprint density at radius 1 is 1.00 bits per heavy atom. The summed E-state index contributed by atoms with van der Waals surface area (Å²) in [6.07, 6.45) is 5.28. The van der Waals surface area contributed by atoms with Gasteiger partial charge in [0, 0.05) is 6.42 Å². The molecule has 0 unspecified atom stereocenters. The van der Waals surface area contributed by atoms with E-state index >= 15 is 0 Å². The summed E-state index contributed by atoms with van der Waals surface area (Å²) in [4.78, 5) is 11.6. The van der Waals surface area contributed by atoms with Crippen molar-refractivity contribution >= 4 is 5.97 Å². The summed E-state index contributed by atoms with van der Waals surface area (Å²) in [7, 11) is 0. The van der Waals surface area contributed by atoms with Crippen LogP contribution in [0.4, 0.5) is 0 Å². The van der Waals surface area contributed by atoms with Gasteiger partial charge in [-0.2, -0.15) is 0 Å². The van der Waals surface area contributed by atoms with E-state index in [0.717, 1.165) is 19.3 Å². The van der Waals surface area contributed by atoms with Crippen LogP contribution in [0.2, 0.25) is 0 Å². The summed E-state index contributed by atoms with van der Waals surface area (Å²) in [5.41, 5.74) is 0. The molecule has 1 aliphatic rings. The van der Waals surface area contributed by atoms with Gasteiger partial charge in [0.05, 0.1) is 6.61 Å². The molecule has 4 atom stereocenters. The molecule has 0 aliphatic carbocycles. The fraction of sp³-hybridized carbons (Fsp3) is 0.941. The topological polar surface area (TPSA) is 96.2 Å². The summed E-state index contributed by atoms with van der Waals surface area (Å²) in [6, 6.07) is 0. The molecule has 0 bridgehead atoms. The maximum absolute atomic E-state index is 11.6. The van der Waals surface area contributed by atoms with E-state index in [1.165, 1.54) is 32.1 Å². The lowest BCUT2D eigenvalue weighted by molar-refractivity contribution is -0.201. The molecule has 0 saturated carbocycles. The van der Waals surface area contributed by atoms with E-state index in [1.807, 2.05) is 0 Å². The molecule has 136 valence electrons. The molecule has 0 aromatic carbocycles. The molecule has 1 saturated heterocycles. The van der Waals surface area contributed by atoms with Gasteiger partial charge in [0.2, 0.25) is 0 Å². The van der Waals surface area contributed by atoms with Crippen molar-refractivity contribution in [2.75, 3.05) is 13.2 Å². The molecule has 1 aliphatic heterocycles. The third kappa shape index (κ3) is 8.11. The molecule has 1 rings (SSSR count). The minimum absolute atomic E-state index is 0.0710. The van der Waals surface area contributed by atoms with Crippen molar-refractivity contribution in [1.29, 1.82) is 0 Å². The van der Waals surface area contributed by atoms with Gasteiger partial charge in [-0.15, -0.1) is 0 Å². The van der Waals surface area contributed by atoms with Gasteiger partial charge in [-0.1, -0.05) is 51.9 Å². The molecule has 0 spiro atoms. The summed E-state index contributed by atoms with van der Waals surface area (Å²) in [5, 5.41) is 28.6. The number of carbonyl (C=O) groups is 1.